The smallest absolute Gasteiger partial charge is 0.193 e. The van der Waals surface area contributed by atoms with E-state index in [4.69, 9.17) is 4.74 Å². The molecule has 24 heavy (non-hydrogen) atoms. The Morgan fingerprint density at radius 3 is 2.50 bits per heavy atom. The zero-order valence-electron chi connectivity index (χ0n) is 15.5. The first-order valence-corrected chi connectivity index (χ1v) is 9.48. The third-order valence-electron chi connectivity index (χ3n) is 6.03. The van der Waals surface area contributed by atoms with Crippen LogP contribution < -0.4 is 5.32 Å². The second-order valence-corrected chi connectivity index (χ2v) is 7.65. The van der Waals surface area contributed by atoms with Gasteiger partial charge in [-0.3, -0.25) is 9.89 Å². The molecule has 3 fully saturated rings. The second kappa shape index (κ2) is 9.57. The van der Waals surface area contributed by atoms with Gasteiger partial charge in [0.1, 0.15) is 0 Å². The topological polar surface area (TPSA) is 40.1 Å². The van der Waals surface area contributed by atoms with E-state index in [9.17, 15) is 0 Å². The highest BCUT2D eigenvalue weighted by Crippen LogP contribution is 2.35. The number of rotatable bonds is 3. The predicted molar refractivity (Wildman–Crippen MR) is 110 cm³/mol. The second-order valence-electron chi connectivity index (χ2n) is 7.65. The molecular formula is C18H35IN4O. The number of likely N-dealkylation sites (tertiary alicyclic amines) is 1. The Morgan fingerprint density at radius 1 is 1.25 bits per heavy atom. The number of nitrogens with one attached hydrogen (secondary N) is 1. The van der Waals surface area contributed by atoms with Gasteiger partial charge >= 0.3 is 0 Å². The van der Waals surface area contributed by atoms with Crippen molar-refractivity contribution in [1.82, 2.24) is 15.1 Å². The van der Waals surface area contributed by atoms with Crippen molar-refractivity contribution in [3.8, 4) is 0 Å². The highest BCUT2D eigenvalue weighted by atomic mass is 127. The van der Waals surface area contributed by atoms with Crippen LogP contribution in [-0.4, -0.2) is 74.3 Å². The molecule has 140 valence electrons. The van der Waals surface area contributed by atoms with Crippen LogP contribution in [0.25, 0.3) is 0 Å². The van der Waals surface area contributed by atoms with Crippen LogP contribution in [0.15, 0.2) is 4.99 Å². The predicted octanol–water partition coefficient (Wildman–Crippen LogP) is 2.41. The molecule has 3 rings (SSSR count). The first-order valence-electron chi connectivity index (χ1n) is 9.48. The molecule has 3 aliphatic rings. The summed E-state index contributed by atoms with van der Waals surface area (Å²) in [6.07, 6.45) is 5.68. The summed E-state index contributed by atoms with van der Waals surface area (Å²) in [5.74, 6) is 2.91. The third-order valence-corrected chi connectivity index (χ3v) is 6.03. The maximum absolute atomic E-state index is 5.55. The van der Waals surface area contributed by atoms with E-state index >= 15 is 0 Å². The summed E-state index contributed by atoms with van der Waals surface area (Å²) in [5.41, 5.74) is 0. The fourth-order valence-electron chi connectivity index (χ4n) is 4.66. The summed E-state index contributed by atoms with van der Waals surface area (Å²) in [4.78, 5) is 9.60. The van der Waals surface area contributed by atoms with E-state index in [1.54, 1.807) is 0 Å². The van der Waals surface area contributed by atoms with Crippen LogP contribution in [0.2, 0.25) is 0 Å². The summed E-state index contributed by atoms with van der Waals surface area (Å²) >= 11 is 0. The van der Waals surface area contributed by atoms with E-state index in [1.807, 2.05) is 7.05 Å². The number of halogens is 1. The van der Waals surface area contributed by atoms with Crippen LogP contribution in [0, 0.1) is 11.8 Å². The molecule has 0 aromatic heterocycles. The molecule has 0 spiro atoms. The van der Waals surface area contributed by atoms with Crippen molar-refractivity contribution in [2.75, 3.05) is 46.4 Å². The molecule has 2 aliphatic heterocycles. The van der Waals surface area contributed by atoms with Gasteiger partial charge in [-0.15, -0.1) is 24.0 Å². The Labute approximate surface area is 164 Å². The van der Waals surface area contributed by atoms with Crippen LogP contribution in [0.5, 0.6) is 0 Å². The van der Waals surface area contributed by atoms with E-state index in [-0.39, 0.29) is 24.0 Å². The van der Waals surface area contributed by atoms with Crippen molar-refractivity contribution in [3.05, 3.63) is 0 Å². The number of fused-ring (bicyclic) bond motifs is 1. The fraction of sp³-hybridized carbons (Fsp3) is 0.944. The Balaban J connectivity index is 0.00000208. The van der Waals surface area contributed by atoms with Gasteiger partial charge in [0.15, 0.2) is 5.96 Å². The molecule has 1 aliphatic carbocycles. The molecule has 0 aromatic carbocycles. The van der Waals surface area contributed by atoms with Gasteiger partial charge in [-0.2, -0.15) is 0 Å². The lowest BCUT2D eigenvalue weighted by Gasteiger charge is -2.38. The number of nitrogens with zero attached hydrogens (tertiary/aromatic N) is 3. The minimum Gasteiger partial charge on any atom is -0.379 e. The highest BCUT2D eigenvalue weighted by Gasteiger charge is 2.35. The van der Waals surface area contributed by atoms with E-state index < -0.39 is 0 Å². The van der Waals surface area contributed by atoms with Crippen molar-refractivity contribution in [1.29, 1.82) is 0 Å². The van der Waals surface area contributed by atoms with Gasteiger partial charge in [0.25, 0.3) is 0 Å². The number of hydrogen-bond acceptors (Lipinski definition) is 3. The summed E-state index contributed by atoms with van der Waals surface area (Å²) in [7, 11) is 1.92. The zero-order chi connectivity index (χ0) is 16.2. The maximum Gasteiger partial charge on any atom is 0.193 e. The minimum absolute atomic E-state index is 0. The molecular weight excluding hydrogens is 415 g/mol. The molecule has 4 unspecified atom stereocenters. The molecule has 2 saturated heterocycles. The maximum atomic E-state index is 5.55. The quantitative estimate of drug-likeness (QED) is 0.408. The van der Waals surface area contributed by atoms with Crippen molar-refractivity contribution < 1.29 is 4.74 Å². The van der Waals surface area contributed by atoms with Crippen LogP contribution in [0.3, 0.4) is 0 Å². The van der Waals surface area contributed by atoms with Gasteiger partial charge in [0.05, 0.1) is 13.2 Å². The Morgan fingerprint density at radius 2 is 1.92 bits per heavy atom. The molecule has 2 heterocycles. The summed E-state index contributed by atoms with van der Waals surface area (Å²) in [6, 6.07) is 1.02. The molecule has 5 nitrogen and oxygen atoms in total. The lowest BCUT2D eigenvalue weighted by molar-refractivity contribution is -0.0175. The van der Waals surface area contributed by atoms with E-state index in [0.717, 1.165) is 44.1 Å². The molecule has 1 N–H and O–H groups in total. The molecule has 0 aromatic rings. The van der Waals surface area contributed by atoms with Gasteiger partial charge < -0.3 is 15.0 Å². The first-order chi connectivity index (χ1) is 11.2. The molecule has 4 atom stereocenters. The highest BCUT2D eigenvalue weighted by molar-refractivity contribution is 14.0. The average Bonchev–Trinajstić information content (AvgIpc) is 2.99. The SMILES string of the molecule is CN=C(NCC(C)N1CCOCC1C)N1CC2CCCCC2C1.I. The monoisotopic (exact) mass is 450 g/mol. The zero-order valence-corrected chi connectivity index (χ0v) is 17.9. The minimum atomic E-state index is 0. The largest absolute Gasteiger partial charge is 0.379 e. The van der Waals surface area contributed by atoms with E-state index in [1.165, 1.54) is 38.8 Å². The van der Waals surface area contributed by atoms with Crippen LogP contribution in [-0.2, 0) is 4.74 Å². The van der Waals surface area contributed by atoms with E-state index in [0.29, 0.717) is 12.1 Å². The van der Waals surface area contributed by atoms with Gasteiger partial charge in [0, 0.05) is 45.3 Å². The summed E-state index contributed by atoms with van der Waals surface area (Å²) in [6.45, 7) is 10.7. The average molecular weight is 450 g/mol. The molecule has 1 saturated carbocycles. The lowest BCUT2D eigenvalue weighted by Crippen LogP contribution is -2.53. The lowest BCUT2D eigenvalue weighted by atomic mass is 9.82. The molecule has 0 bridgehead atoms. The van der Waals surface area contributed by atoms with Crippen LogP contribution in [0.1, 0.15) is 39.5 Å². The van der Waals surface area contributed by atoms with Crippen molar-refractivity contribution in [2.45, 2.75) is 51.6 Å². The summed E-state index contributed by atoms with van der Waals surface area (Å²) < 4.78 is 5.55. The molecule has 0 radical (unpaired) electrons. The van der Waals surface area contributed by atoms with Crippen molar-refractivity contribution in [3.63, 3.8) is 0 Å². The van der Waals surface area contributed by atoms with Crippen LogP contribution in [0.4, 0.5) is 0 Å². The van der Waals surface area contributed by atoms with E-state index in [2.05, 4.69) is 34.0 Å². The van der Waals surface area contributed by atoms with Crippen molar-refractivity contribution in [2.24, 2.45) is 16.8 Å². The fourth-order valence-corrected chi connectivity index (χ4v) is 4.66. The number of ether oxygens (including phenoxy) is 1. The standard InChI is InChI=1S/C18H34N4O.HI/c1-14(22-8-9-23-13-15(22)2)10-20-18(19-3)21-11-16-6-4-5-7-17(16)12-21;/h14-17H,4-13H2,1-3H3,(H,19,20);1H. The molecule has 6 heteroatoms. The van der Waals surface area contributed by atoms with Gasteiger partial charge in [-0.05, 0) is 38.5 Å². The number of morpholine rings is 1. The van der Waals surface area contributed by atoms with Gasteiger partial charge in [-0.1, -0.05) is 12.8 Å². The third kappa shape index (κ3) is 4.75. The molecule has 0 amide bonds. The van der Waals surface area contributed by atoms with Crippen molar-refractivity contribution >= 4 is 29.9 Å². The first kappa shape index (κ1) is 20.2. The Bertz CT molecular complexity index is 406. The Kier molecular flexibility index (Phi) is 8.07. The van der Waals surface area contributed by atoms with Gasteiger partial charge in [0.2, 0.25) is 0 Å². The number of guanidine groups is 1. The normalized spacial score (nSPS) is 32.9. The van der Waals surface area contributed by atoms with Gasteiger partial charge in [-0.25, -0.2) is 0 Å². The Hall–Kier alpha value is -0.0800. The summed E-state index contributed by atoms with van der Waals surface area (Å²) in [5, 5.41) is 3.63. The number of aliphatic imine (C=N–C) groups is 1. The van der Waals surface area contributed by atoms with Crippen LogP contribution >= 0.6 is 24.0 Å². The number of hydrogen-bond donors (Lipinski definition) is 1.